The summed E-state index contributed by atoms with van der Waals surface area (Å²) >= 11 is 0. The number of benzene rings is 1. The van der Waals surface area contributed by atoms with Gasteiger partial charge in [0.15, 0.2) is 0 Å². The summed E-state index contributed by atoms with van der Waals surface area (Å²) in [6, 6.07) is 14.3. The molecule has 2 fully saturated rings. The van der Waals surface area contributed by atoms with Gasteiger partial charge in [0, 0.05) is 36.3 Å². The van der Waals surface area contributed by atoms with Gasteiger partial charge in [-0.2, -0.15) is 0 Å². The number of H-pyrrole nitrogens is 1. The number of anilines is 1. The van der Waals surface area contributed by atoms with Gasteiger partial charge in [-0.15, -0.1) is 0 Å². The quantitative estimate of drug-likeness (QED) is 0.359. The number of imidazole rings is 1. The topological polar surface area (TPSA) is 96.0 Å². The lowest BCUT2D eigenvalue weighted by Crippen LogP contribution is -2.37. The molecule has 1 saturated carbocycles. The molecular formula is C29H32N6O2. The summed E-state index contributed by atoms with van der Waals surface area (Å²) < 4.78 is 5.71. The molecule has 1 unspecified atom stereocenters. The highest BCUT2D eigenvalue weighted by atomic mass is 16.5. The number of esters is 1. The number of ether oxygens (including phenoxy) is 1. The summed E-state index contributed by atoms with van der Waals surface area (Å²) in [5.41, 5.74) is 6.54. The van der Waals surface area contributed by atoms with Crippen LogP contribution in [0.1, 0.15) is 25.0 Å². The fourth-order valence-electron chi connectivity index (χ4n) is 5.37. The molecule has 0 bridgehead atoms. The highest BCUT2D eigenvalue weighted by Gasteiger charge is 2.37. The largest absolute Gasteiger partial charge is 0.461 e. The maximum atomic E-state index is 12.4. The van der Waals surface area contributed by atoms with E-state index in [1.807, 2.05) is 37.4 Å². The van der Waals surface area contributed by atoms with Crippen LogP contribution in [-0.4, -0.2) is 63.6 Å². The molecule has 1 aliphatic carbocycles. The zero-order chi connectivity index (χ0) is 25.4. The summed E-state index contributed by atoms with van der Waals surface area (Å²) in [5.74, 6) is 0.496. The monoisotopic (exact) mass is 496 g/mol. The van der Waals surface area contributed by atoms with Crippen molar-refractivity contribution in [1.29, 1.82) is 0 Å². The van der Waals surface area contributed by atoms with Gasteiger partial charge in [-0.1, -0.05) is 12.1 Å². The second-order valence-corrected chi connectivity index (χ2v) is 10.4. The smallest absolute Gasteiger partial charge is 0.309 e. The van der Waals surface area contributed by atoms with E-state index < -0.39 is 0 Å². The van der Waals surface area contributed by atoms with Gasteiger partial charge in [0.2, 0.25) is 0 Å². The van der Waals surface area contributed by atoms with Gasteiger partial charge >= 0.3 is 5.97 Å². The molecule has 8 nitrogen and oxygen atoms in total. The van der Waals surface area contributed by atoms with E-state index in [0.29, 0.717) is 5.92 Å². The van der Waals surface area contributed by atoms with Crippen LogP contribution < -0.4 is 5.32 Å². The Morgan fingerprint density at radius 2 is 2.08 bits per heavy atom. The lowest BCUT2D eigenvalue weighted by molar-refractivity contribution is -0.158. The fourth-order valence-corrected chi connectivity index (χ4v) is 5.37. The van der Waals surface area contributed by atoms with Gasteiger partial charge in [0.05, 0.1) is 46.7 Å². The lowest BCUT2D eigenvalue weighted by Gasteiger charge is -2.34. The maximum absolute atomic E-state index is 12.4. The van der Waals surface area contributed by atoms with E-state index in [1.165, 1.54) is 0 Å². The van der Waals surface area contributed by atoms with Crippen LogP contribution in [0, 0.1) is 18.8 Å². The summed E-state index contributed by atoms with van der Waals surface area (Å²) in [6.07, 6.45) is 6.36. The van der Waals surface area contributed by atoms with Crippen LogP contribution in [0.3, 0.4) is 0 Å². The Labute approximate surface area is 216 Å². The number of nitrogens with zero attached hydrogens (tertiary/aromatic N) is 4. The Kier molecular flexibility index (Phi) is 6.34. The number of fused-ring (bicyclic) bond motifs is 1. The number of hydrogen-bond acceptors (Lipinski definition) is 7. The van der Waals surface area contributed by atoms with Gasteiger partial charge in [-0.05, 0) is 69.5 Å². The van der Waals surface area contributed by atoms with Gasteiger partial charge in [-0.25, -0.2) is 4.98 Å². The van der Waals surface area contributed by atoms with E-state index in [2.05, 4.69) is 55.4 Å². The third kappa shape index (κ3) is 5.06. The Bertz CT molecular complexity index is 1430. The lowest BCUT2D eigenvalue weighted by atomic mass is 9.75. The third-order valence-electron chi connectivity index (χ3n) is 7.53. The first-order valence-electron chi connectivity index (χ1n) is 13.0. The number of nitrogens with one attached hydrogen (secondary N) is 2. The first-order chi connectivity index (χ1) is 18.0. The van der Waals surface area contributed by atoms with Crippen LogP contribution in [0.5, 0.6) is 0 Å². The third-order valence-corrected chi connectivity index (χ3v) is 7.53. The van der Waals surface area contributed by atoms with Crippen molar-refractivity contribution >= 4 is 22.6 Å². The maximum Gasteiger partial charge on any atom is 0.309 e. The molecule has 37 heavy (non-hydrogen) atoms. The standard InChI is InChI=1S/C29H32N6O2/c1-18-4-3-5-26(34-18)28-27(32-17-33-28)20-6-7-25-21(12-20)13-23(15-31-25)30-14-19-10-22(11-19)29(36)37-24-8-9-35(2)16-24/h3-7,12-13,15,17,19,22,24,30H,8-11,14,16H2,1-2H3,(H,32,33). The molecule has 6 rings (SSSR count). The molecule has 0 amide bonds. The molecule has 1 atom stereocenters. The normalized spacial score (nSPS) is 21.6. The van der Waals surface area contributed by atoms with Crippen molar-refractivity contribution in [3.8, 4) is 22.6 Å². The van der Waals surface area contributed by atoms with E-state index in [9.17, 15) is 4.79 Å². The van der Waals surface area contributed by atoms with Crippen molar-refractivity contribution in [2.75, 3.05) is 32.0 Å². The Morgan fingerprint density at radius 1 is 1.19 bits per heavy atom. The van der Waals surface area contributed by atoms with Gasteiger partial charge in [0.25, 0.3) is 0 Å². The predicted molar refractivity (Wildman–Crippen MR) is 144 cm³/mol. The molecule has 1 saturated heterocycles. The van der Waals surface area contributed by atoms with Crippen LogP contribution in [0.2, 0.25) is 0 Å². The number of likely N-dealkylation sites (tertiary alicyclic amines) is 1. The number of aromatic nitrogens is 4. The SMILES string of the molecule is Cc1cccc(-c2[nH]cnc2-c2ccc3ncc(NCC4CC(C(=O)OC5CCN(C)C5)C4)cc3c2)n1. The molecule has 0 radical (unpaired) electrons. The van der Waals surface area contributed by atoms with Crippen molar-refractivity contribution in [2.24, 2.45) is 11.8 Å². The number of carbonyl (C=O) groups is 1. The number of likely N-dealkylation sites (N-methyl/N-ethyl adjacent to an activating group) is 1. The molecule has 8 heteroatoms. The van der Waals surface area contributed by atoms with Crippen molar-refractivity contribution in [2.45, 2.75) is 32.3 Å². The van der Waals surface area contributed by atoms with Crippen LogP contribution in [0.25, 0.3) is 33.5 Å². The molecule has 1 aliphatic heterocycles. The second-order valence-electron chi connectivity index (χ2n) is 10.4. The van der Waals surface area contributed by atoms with Crippen molar-refractivity contribution in [3.05, 3.63) is 60.7 Å². The zero-order valence-electron chi connectivity index (χ0n) is 21.3. The Morgan fingerprint density at radius 3 is 2.89 bits per heavy atom. The molecule has 0 spiro atoms. The molecule has 3 aromatic heterocycles. The van der Waals surface area contributed by atoms with E-state index in [0.717, 1.165) is 83.8 Å². The zero-order valence-corrected chi connectivity index (χ0v) is 21.3. The summed E-state index contributed by atoms with van der Waals surface area (Å²) in [7, 11) is 2.07. The van der Waals surface area contributed by atoms with E-state index in [-0.39, 0.29) is 18.0 Å². The molecule has 2 N–H and O–H groups in total. The first-order valence-corrected chi connectivity index (χ1v) is 13.0. The van der Waals surface area contributed by atoms with E-state index >= 15 is 0 Å². The van der Waals surface area contributed by atoms with Crippen LogP contribution >= 0.6 is 0 Å². The first kappa shape index (κ1) is 23.6. The number of aryl methyl sites for hydroxylation is 1. The summed E-state index contributed by atoms with van der Waals surface area (Å²) in [5, 5.41) is 4.57. The summed E-state index contributed by atoms with van der Waals surface area (Å²) in [6.45, 7) is 4.67. The number of rotatable bonds is 7. The molecule has 1 aromatic carbocycles. The van der Waals surface area contributed by atoms with Crippen molar-refractivity contribution in [1.82, 2.24) is 24.8 Å². The highest BCUT2D eigenvalue weighted by Crippen LogP contribution is 2.36. The van der Waals surface area contributed by atoms with Crippen molar-refractivity contribution < 1.29 is 9.53 Å². The van der Waals surface area contributed by atoms with E-state index in [4.69, 9.17) is 4.74 Å². The molecule has 4 aromatic rings. The minimum Gasteiger partial charge on any atom is -0.461 e. The molecular weight excluding hydrogens is 464 g/mol. The number of aromatic amines is 1. The predicted octanol–water partition coefficient (Wildman–Crippen LogP) is 4.68. The molecule has 190 valence electrons. The van der Waals surface area contributed by atoms with Crippen molar-refractivity contribution in [3.63, 3.8) is 0 Å². The minimum absolute atomic E-state index is 0.0185. The minimum atomic E-state index is -0.0185. The number of carbonyl (C=O) groups excluding carboxylic acids is 1. The molecule has 2 aliphatic rings. The van der Waals surface area contributed by atoms with E-state index in [1.54, 1.807) is 6.33 Å². The highest BCUT2D eigenvalue weighted by molar-refractivity contribution is 5.88. The van der Waals surface area contributed by atoms with Crippen LogP contribution in [-0.2, 0) is 9.53 Å². The summed E-state index contributed by atoms with van der Waals surface area (Å²) in [4.78, 5) is 31.8. The second kappa shape index (κ2) is 9.94. The molecule has 4 heterocycles. The fraction of sp³-hybridized carbons (Fsp3) is 0.379. The Hall–Kier alpha value is -3.78. The van der Waals surface area contributed by atoms with Crippen LogP contribution in [0.4, 0.5) is 5.69 Å². The van der Waals surface area contributed by atoms with Gasteiger partial charge < -0.3 is 19.9 Å². The average molecular weight is 497 g/mol. The number of pyridine rings is 2. The average Bonchev–Trinajstić information content (AvgIpc) is 3.51. The van der Waals surface area contributed by atoms with Crippen LogP contribution in [0.15, 0.2) is 55.0 Å². The number of hydrogen-bond donors (Lipinski definition) is 2. The van der Waals surface area contributed by atoms with Gasteiger partial charge in [-0.3, -0.25) is 14.8 Å². The Balaban J connectivity index is 1.09. The van der Waals surface area contributed by atoms with Gasteiger partial charge in [0.1, 0.15) is 6.10 Å².